The van der Waals surface area contributed by atoms with E-state index in [2.05, 4.69) is 36.2 Å². The van der Waals surface area contributed by atoms with Crippen molar-refractivity contribution in [2.24, 2.45) is 10.9 Å². The molecule has 3 aromatic rings. The molecule has 0 saturated carbocycles. The second kappa shape index (κ2) is 7.72. The molecule has 3 heterocycles. The van der Waals surface area contributed by atoms with Crippen LogP contribution in [0.1, 0.15) is 0 Å². The van der Waals surface area contributed by atoms with E-state index in [4.69, 9.17) is 14.6 Å². The number of aliphatic hydroxyl groups is 1. The van der Waals surface area contributed by atoms with E-state index < -0.39 is 17.4 Å². The maximum absolute atomic E-state index is 14.5. The molecule has 0 amide bonds. The molecule has 146 valence electrons. The molecule has 4 rings (SSSR count). The summed E-state index contributed by atoms with van der Waals surface area (Å²) in [6.07, 6.45) is 3.14. The first-order valence-corrected chi connectivity index (χ1v) is 9.18. The van der Waals surface area contributed by atoms with Gasteiger partial charge >= 0.3 is 0 Å². The van der Waals surface area contributed by atoms with Crippen LogP contribution in [0.5, 0.6) is 11.5 Å². The summed E-state index contributed by atoms with van der Waals surface area (Å²) >= 11 is 3.35. The third-order valence-corrected chi connectivity index (χ3v) is 4.78. The summed E-state index contributed by atoms with van der Waals surface area (Å²) in [6.45, 7) is 0.609. The zero-order valence-corrected chi connectivity index (χ0v) is 16.0. The van der Waals surface area contributed by atoms with Gasteiger partial charge in [0.2, 0.25) is 0 Å². The highest BCUT2D eigenvalue weighted by molar-refractivity contribution is 9.10. The highest BCUT2D eigenvalue weighted by Gasteiger charge is 2.19. The summed E-state index contributed by atoms with van der Waals surface area (Å²) in [5.41, 5.74) is 0.656. The van der Waals surface area contributed by atoms with E-state index in [1.54, 1.807) is 6.20 Å². The first-order valence-electron chi connectivity index (χ1n) is 8.38. The fraction of sp³-hybridized carbons (Fsp3) is 0.222. The number of halogens is 3. The Balaban J connectivity index is 1.58. The van der Waals surface area contributed by atoms with Crippen LogP contribution >= 0.6 is 15.9 Å². The fourth-order valence-corrected chi connectivity index (χ4v) is 3.23. The number of hydrogen-bond donors (Lipinski definition) is 3. The normalized spacial score (nSPS) is 16.6. The van der Waals surface area contributed by atoms with Gasteiger partial charge in [-0.05, 0) is 22.0 Å². The molecule has 1 atom stereocenters. The van der Waals surface area contributed by atoms with Gasteiger partial charge < -0.3 is 24.9 Å². The Morgan fingerprint density at radius 1 is 1.36 bits per heavy atom. The van der Waals surface area contributed by atoms with E-state index >= 15 is 0 Å². The van der Waals surface area contributed by atoms with Crippen molar-refractivity contribution in [1.82, 2.24) is 9.97 Å². The van der Waals surface area contributed by atoms with Crippen molar-refractivity contribution < 1.29 is 23.4 Å². The van der Waals surface area contributed by atoms with E-state index in [1.807, 2.05) is 0 Å². The molecule has 1 aliphatic rings. The number of H-pyrrole nitrogens is 1. The van der Waals surface area contributed by atoms with Crippen molar-refractivity contribution in [3.63, 3.8) is 0 Å². The van der Waals surface area contributed by atoms with Crippen molar-refractivity contribution >= 4 is 38.7 Å². The van der Waals surface area contributed by atoms with Crippen LogP contribution in [0.3, 0.4) is 0 Å². The number of aliphatic imine (C=N–C) groups is 1. The minimum atomic E-state index is -0.885. The Kier molecular flexibility index (Phi) is 5.14. The molecule has 1 aromatic carbocycles. The predicted molar refractivity (Wildman–Crippen MR) is 103 cm³/mol. The third-order valence-electron chi connectivity index (χ3n) is 4.16. The number of pyridine rings is 1. The van der Waals surface area contributed by atoms with E-state index in [-0.39, 0.29) is 36.6 Å². The number of amidine groups is 1. The number of fused-ring (bicyclic) bond motifs is 1. The van der Waals surface area contributed by atoms with Crippen molar-refractivity contribution in [3.05, 3.63) is 46.7 Å². The lowest BCUT2D eigenvalue weighted by Gasteiger charge is -2.21. The zero-order valence-electron chi connectivity index (χ0n) is 14.4. The minimum Gasteiger partial charge on any atom is -0.465 e. The molecule has 2 aromatic heterocycles. The van der Waals surface area contributed by atoms with Crippen LogP contribution in [0.4, 0.5) is 14.5 Å². The molecule has 0 bridgehead atoms. The highest BCUT2D eigenvalue weighted by Crippen LogP contribution is 2.36. The summed E-state index contributed by atoms with van der Waals surface area (Å²) in [5, 5.41) is 12.4. The van der Waals surface area contributed by atoms with Gasteiger partial charge in [-0.1, -0.05) is 0 Å². The van der Waals surface area contributed by atoms with Gasteiger partial charge in [0.1, 0.15) is 11.4 Å². The first-order chi connectivity index (χ1) is 13.5. The maximum Gasteiger partial charge on any atom is 0.289 e. The summed E-state index contributed by atoms with van der Waals surface area (Å²) in [4.78, 5) is 11.2. The van der Waals surface area contributed by atoms with Gasteiger partial charge in [0.05, 0.1) is 25.1 Å². The standard InChI is InChI=1S/C18H15BrF2N4O3/c19-11-6-23-17-15(11)14(1-2-22-17)28-16-12(20)3-10(4-13(16)21)25-18-24-5-9(7-26)8-27-18/h1-4,6,9,26H,5,7-8H2,(H,22,23)(H,24,25)/t9-/m1/s1. The number of aromatic nitrogens is 2. The number of aliphatic hydroxyl groups excluding tert-OH is 1. The number of anilines is 1. The second-order valence-corrected chi connectivity index (χ2v) is 7.03. The monoisotopic (exact) mass is 452 g/mol. The number of hydrogen-bond acceptors (Lipinski definition) is 6. The van der Waals surface area contributed by atoms with Crippen LogP contribution in [0.15, 0.2) is 40.1 Å². The van der Waals surface area contributed by atoms with Gasteiger partial charge in [0.15, 0.2) is 17.4 Å². The number of rotatable bonds is 4. The quantitative estimate of drug-likeness (QED) is 0.559. The molecule has 28 heavy (non-hydrogen) atoms. The molecule has 3 N–H and O–H groups in total. The predicted octanol–water partition coefficient (Wildman–Crippen LogP) is 3.80. The van der Waals surface area contributed by atoms with E-state index in [0.717, 1.165) is 12.1 Å². The lowest BCUT2D eigenvalue weighted by Crippen LogP contribution is -2.29. The number of ether oxygens (including phenoxy) is 2. The van der Waals surface area contributed by atoms with E-state index in [9.17, 15) is 8.78 Å². The smallest absolute Gasteiger partial charge is 0.289 e. The lowest BCUT2D eigenvalue weighted by molar-refractivity contribution is 0.148. The van der Waals surface area contributed by atoms with Gasteiger partial charge in [0.25, 0.3) is 6.02 Å². The molecule has 0 radical (unpaired) electrons. The molecule has 10 heteroatoms. The van der Waals surface area contributed by atoms with E-state index in [1.165, 1.54) is 12.3 Å². The first kappa shape index (κ1) is 18.6. The number of benzene rings is 1. The van der Waals surface area contributed by atoms with Crippen molar-refractivity contribution in [1.29, 1.82) is 0 Å². The van der Waals surface area contributed by atoms with Crippen molar-refractivity contribution in [2.45, 2.75) is 0 Å². The van der Waals surface area contributed by atoms with E-state index in [0.29, 0.717) is 22.1 Å². The fourth-order valence-electron chi connectivity index (χ4n) is 2.73. The van der Waals surface area contributed by atoms with Gasteiger partial charge in [0, 0.05) is 40.6 Å². The SMILES string of the molecule is OC[C@H]1CN=C(Nc2cc(F)c(Oc3ccnc4[nH]cc(Br)c34)c(F)c2)OC1. The second-order valence-electron chi connectivity index (χ2n) is 6.17. The Morgan fingerprint density at radius 2 is 2.14 bits per heavy atom. The molecule has 0 saturated heterocycles. The maximum atomic E-state index is 14.5. The van der Waals surface area contributed by atoms with Crippen LogP contribution in [0.2, 0.25) is 0 Å². The van der Waals surface area contributed by atoms with Gasteiger partial charge in [-0.25, -0.2) is 18.8 Å². The Labute approximate surface area is 166 Å². The molecule has 0 aliphatic carbocycles. The molecule has 1 aliphatic heterocycles. The third kappa shape index (κ3) is 3.65. The average Bonchev–Trinajstić information content (AvgIpc) is 3.07. The molecule has 0 spiro atoms. The lowest BCUT2D eigenvalue weighted by atomic mass is 10.2. The Morgan fingerprint density at radius 3 is 2.82 bits per heavy atom. The summed E-state index contributed by atoms with van der Waals surface area (Å²) in [7, 11) is 0. The number of nitrogens with one attached hydrogen (secondary N) is 2. The van der Waals surface area contributed by atoms with Gasteiger partial charge in [-0.3, -0.25) is 0 Å². The molecular weight excluding hydrogens is 438 g/mol. The van der Waals surface area contributed by atoms with Crippen LogP contribution in [-0.2, 0) is 4.74 Å². The number of nitrogens with zero attached hydrogens (tertiary/aromatic N) is 2. The molecular formula is C18H15BrF2N4O3. The van der Waals surface area contributed by atoms with Crippen molar-refractivity contribution in [3.8, 4) is 11.5 Å². The summed E-state index contributed by atoms with van der Waals surface area (Å²) < 4.78 is 40.6. The van der Waals surface area contributed by atoms with Gasteiger partial charge in [-0.15, -0.1) is 0 Å². The van der Waals surface area contributed by atoms with Crippen LogP contribution in [0.25, 0.3) is 11.0 Å². The summed E-state index contributed by atoms with van der Waals surface area (Å²) in [6, 6.07) is 3.85. The molecule has 0 unspecified atom stereocenters. The number of aromatic amines is 1. The zero-order chi connectivity index (χ0) is 19.7. The topological polar surface area (TPSA) is 91.8 Å². The van der Waals surface area contributed by atoms with Crippen LogP contribution in [0, 0.1) is 17.6 Å². The molecule has 7 nitrogen and oxygen atoms in total. The highest BCUT2D eigenvalue weighted by atomic mass is 79.9. The average molecular weight is 453 g/mol. The Hall–Kier alpha value is -2.72. The van der Waals surface area contributed by atoms with Crippen LogP contribution < -0.4 is 10.1 Å². The molecule has 0 fully saturated rings. The van der Waals surface area contributed by atoms with Gasteiger partial charge in [-0.2, -0.15) is 0 Å². The van der Waals surface area contributed by atoms with Crippen molar-refractivity contribution in [2.75, 3.05) is 25.1 Å². The largest absolute Gasteiger partial charge is 0.465 e. The van der Waals surface area contributed by atoms with Crippen LogP contribution in [-0.4, -0.2) is 40.9 Å². The Bertz CT molecular complexity index is 1030. The minimum absolute atomic E-state index is 0.0361. The summed E-state index contributed by atoms with van der Waals surface area (Å²) in [5.74, 6) is -2.13.